The Kier molecular flexibility index (Phi) is 4.73. The van der Waals surface area contributed by atoms with Crippen molar-refractivity contribution >= 4 is 0 Å². The number of aliphatic hydroxyl groups is 2. The summed E-state index contributed by atoms with van der Waals surface area (Å²) in [6.45, 7) is 10.2. The van der Waals surface area contributed by atoms with Crippen LogP contribution in [0.5, 0.6) is 0 Å². The lowest BCUT2D eigenvalue weighted by atomic mass is 9.48. The van der Waals surface area contributed by atoms with Crippen molar-refractivity contribution in [3.8, 4) is 0 Å². The van der Waals surface area contributed by atoms with Crippen molar-refractivity contribution in [2.24, 2.45) is 51.8 Å². The molecule has 6 rings (SSSR count). The van der Waals surface area contributed by atoms with E-state index in [0.29, 0.717) is 24.2 Å². The standard InChI is InChI=1S/C28H44F2O3/c1-15-17-6-7-18-19-14-20(31)23(21-8-9-22(33-21)24(3,4)32)25(19,5)10-11-27(18)16(2)26(17,27)12-13-28(15,29)30/h15-23,31-32H,6-14H2,1-5H3/t15?,16-,17?,18?,19?,20?,21?,22?,23?,25?,26?,27?/m1/s1. The third-order valence-corrected chi connectivity index (χ3v) is 12.9. The highest BCUT2D eigenvalue weighted by molar-refractivity contribution is 5.31. The minimum atomic E-state index is -2.51. The third kappa shape index (κ3) is 2.66. The Morgan fingerprint density at radius 2 is 1.52 bits per heavy atom. The van der Waals surface area contributed by atoms with Crippen molar-refractivity contribution in [1.82, 2.24) is 0 Å². The minimum absolute atomic E-state index is 0.01000. The Morgan fingerprint density at radius 1 is 0.879 bits per heavy atom. The summed E-state index contributed by atoms with van der Waals surface area (Å²) in [5.74, 6) is -1.21. The molecule has 6 aliphatic rings. The maximum absolute atomic E-state index is 14.7. The van der Waals surface area contributed by atoms with Crippen LogP contribution in [0.15, 0.2) is 0 Å². The molecule has 0 bridgehead atoms. The van der Waals surface area contributed by atoms with Crippen molar-refractivity contribution in [2.45, 2.75) is 122 Å². The van der Waals surface area contributed by atoms with Crippen molar-refractivity contribution in [3.05, 3.63) is 0 Å². The fraction of sp³-hybridized carbons (Fsp3) is 1.00. The molecule has 0 aromatic heterocycles. The molecule has 33 heavy (non-hydrogen) atoms. The summed E-state index contributed by atoms with van der Waals surface area (Å²) in [5.41, 5.74) is -0.499. The highest BCUT2D eigenvalue weighted by Gasteiger charge is 2.84. The average molecular weight is 467 g/mol. The van der Waals surface area contributed by atoms with E-state index in [0.717, 1.165) is 44.9 Å². The topological polar surface area (TPSA) is 49.7 Å². The molecule has 2 spiro atoms. The number of halogens is 2. The molecule has 0 amide bonds. The van der Waals surface area contributed by atoms with E-state index in [1.165, 1.54) is 0 Å². The number of fused-ring (bicyclic) bond motifs is 2. The van der Waals surface area contributed by atoms with Crippen LogP contribution in [0.3, 0.4) is 0 Å². The van der Waals surface area contributed by atoms with Crippen LogP contribution in [0.25, 0.3) is 0 Å². The molecule has 5 saturated carbocycles. The van der Waals surface area contributed by atoms with Gasteiger partial charge in [0, 0.05) is 18.3 Å². The van der Waals surface area contributed by atoms with E-state index in [-0.39, 0.29) is 52.8 Å². The summed E-state index contributed by atoms with van der Waals surface area (Å²) in [7, 11) is 0. The van der Waals surface area contributed by atoms with Gasteiger partial charge in [0.15, 0.2) is 0 Å². The Balaban J connectivity index is 1.29. The van der Waals surface area contributed by atoms with Gasteiger partial charge >= 0.3 is 0 Å². The van der Waals surface area contributed by atoms with Crippen LogP contribution in [0.2, 0.25) is 0 Å². The molecule has 6 fully saturated rings. The maximum atomic E-state index is 14.7. The van der Waals surface area contributed by atoms with E-state index in [9.17, 15) is 19.0 Å². The summed E-state index contributed by atoms with van der Waals surface area (Å²) in [6.07, 6.45) is 7.01. The van der Waals surface area contributed by atoms with E-state index in [1.807, 2.05) is 20.8 Å². The Morgan fingerprint density at radius 3 is 2.18 bits per heavy atom. The number of hydrogen-bond acceptors (Lipinski definition) is 3. The number of hydrogen-bond donors (Lipinski definition) is 2. The zero-order valence-corrected chi connectivity index (χ0v) is 21.1. The molecule has 5 aliphatic carbocycles. The van der Waals surface area contributed by atoms with Gasteiger partial charge in [0.25, 0.3) is 5.92 Å². The predicted molar refractivity (Wildman–Crippen MR) is 123 cm³/mol. The molecule has 1 heterocycles. The second-order valence-corrected chi connectivity index (χ2v) is 14.0. The quantitative estimate of drug-likeness (QED) is 0.539. The van der Waals surface area contributed by atoms with Crippen molar-refractivity contribution in [2.75, 3.05) is 0 Å². The SMILES string of the molecule is CC1C2CCC3C4CC(O)C(C5CCC(C(C)(C)O)O5)C4(C)CCC34[C@H](C)C24CCC1(F)F. The van der Waals surface area contributed by atoms with Gasteiger partial charge in [0.1, 0.15) is 0 Å². The first kappa shape index (κ1) is 23.2. The Hall–Kier alpha value is -0.260. The van der Waals surface area contributed by atoms with Crippen LogP contribution < -0.4 is 0 Å². The molecule has 3 nitrogen and oxygen atoms in total. The largest absolute Gasteiger partial charge is 0.393 e. The van der Waals surface area contributed by atoms with Gasteiger partial charge < -0.3 is 14.9 Å². The lowest BCUT2D eigenvalue weighted by Crippen LogP contribution is -2.53. The normalized spacial score (nSPS) is 59.4. The second-order valence-electron chi connectivity index (χ2n) is 14.0. The number of aliphatic hydroxyl groups excluding tert-OH is 1. The molecule has 2 N–H and O–H groups in total. The van der Waals surface area contributed by atoms with Gasteiger partial charge in [0.2, 0.25) is 0 Å². The zero-order chi connectivity index (χ0) is 23.8. The highest BCUT2D eigenvalue weighted by atomic mass is 19.3. The van der Waals surface area contributed by atoms with Gasteiger partial charge in [-0.2, -0.15) is 0 Å². The molecule has 12 atom stereocenters. The first-order chi connectivity index (χ1) is 15.3. The predicted octanol–water partition coefficient (Wildman–Crippen LogP) is 5.82. The molecule has 5 heteroatoms. The number of alkyl halides is 2. The van der Waals surface area contributed by atoms with E-state index in [4.69, 9.17) is 4.74 Å². The van der Waals surface area contributed by atoms with Crippen molar-refractivity contribution < 1.29 is 23.7 Å². The lowest BCUT2D eigenvalue weighted by Gasteiger charge is -2.57. The number of rotatable bonds is 2. The second kappa shape index (κ2) is 6.73. The van der Waals surface area contributed by atoms with E-state index < -0.39 is 17.4 Å². The monoisotopic (exact) mass is 466 g/mol. The Bertz CT molecular complexity index is 824. The van der Waals surface area contributed by atoms with Gasteiger partial charge in [-0.05, 0) is 105 Å². The third-order valence-electron chi connectivity index (χ3n) is 12.9. The average Bonchev–Trinajstić information content (AvgIpc) is 3.04. The van der Waals surface area contributed by atoms with E-state index >= 15 is 0 Å². The molecule has 0 radical (unpaired) electrons. The fourth-order valence-corrected chi connectivity index (χ4v) is 11.4. The van der Waals surface area contributed by atoms with Crippen LogP contribution >= 0.6 is 0 Å². The van der Waals surface area contributed by atoms with Crippen LogP contribution in [0.4, 0.5) is 8.78 Å². The fourth-order valence-electron chi connectivity index (χ4n) is 11.4. The summed E-state index contributed by atoms with van der Waals surface area (Å²) in [4.78, 5) is 0. The molecule has 0 aromatic rings. The van der Waals surface area contributed by atoms with Crippen LogP contribution in [0.1, 0.15) is 92.4 Å². The summed E-state index contributed by atoms with van der Waals surface area (Å²) in [6, 6.07) is 0. The van der Waals surface area contributed by atoms with Gasteiger partial charge in [0.05, 0.1) is 23.9 Å². The summed E-state index contributed by atoms with van der Waals surface area (Å²) < 4.78 is 35.8. The molecule has 11 unspecified atom stereocenters. The first-order valence-corrected chi connectivity index (χ1v) is 13.7. The summed E-state index contributed by atoms with van der Waals surface area (Å²) >= 11 is 0. The van der Waals surface area contributed by atoms with E-state index in [1.54, 1.807) is 0 Å². The molecule has 1 saturated heterocycles. The first-order valence-electron chi connectivity index (χ1n) is 13.7. The maximum Gasteiger partial charge on any atom is 0.250 e. The minimum Gasteiger partial charge on any atom is -0.393 e. The molecular weight excluding hydrogens is 422 g/mol. The highest BCUT2D eigenvalue weighted by Crippen LogP contribution is 2.89. The van der Waals surface area contributed by atoms with Crippen LogP contribution in [-0.4, -0.2) is 40.0 Å². The molecular formula is C28H44F2O3. The van der Waals surface area contributed by atoms with Gasteiger partial charge in [-0.25, -0.2) is 8.78 Å². The molecule has 188 valence electrons. The smallest absolute Gasteiger partial charge is 0.250 e. The molecule has 0 aromatic carbocycles. The zero-order valence-electron chi connectivity index (χ0n) is 21.1. The van der Waals surface area contributed by atoms with E-state index in [2.05, 4.69) is 13.8 Å². The van der Waals surface area contributed by atoms with Gasteiger partial charge in [-0.15, -0.1) is 0 Å². The lowest BCUT2D eigenvalue weighted by molar-refractivity contribution is -0.165. The van der Waals surface area contributed by atoms with Crippen LogP contribution in [0, 0.1) is 51.8 Å². The van der Waals surface area contributed by atoms with Crippen molar-refractivity contribution in [3.63, 3.8) is 0 Å². The number of ether oxygens (including phenoxy) is 1. The van der Waals surface area contributed by atoms with Crippen molar-refractivity contribution in [1.29, 1.82) is 0 Å². The van der Waals surface area contributed by atoms with Gasteiger partial charge in [-0.3, -0.25) is 0 Å². The van der Waals surface area contributed by atoms with Gasteiger partial charge in [-0.1, -0.05) is 20.8 Å². The summed E-state index contributed by atoms with van der Waals surface area (Å²) in [5, 5.41) is 21.9. The Labute approximate surface area is 198 Å². The van der Waals surface area contributed by atoms with Crippen LogP contribution in [-0.2, 0) is 4.74 Å². The molecule has 1 aliphatic heterocycles.